The zero-order valence-corrected chi connectivity index (χ0v) is 10.2. The van der Waals surface area contributed by atoms with E-state index in [0.717, 1.165) is 0 Å². The zero-order chi connectivity index (χ0) is 12.4. The fourth-order valence-corrected chi connectivity index (χ4v) is 3.19. The van der Waals surface area contributed by atoms with Gasteiger partial charge >= 0.3 is 5.65 Å². The number of hydrogen-bond donors (Lipinski definition) is 0. The van der Waals surface area contributed by atoms with Crippen LogP contribution in [0.25, 0.3) is 32.8 Å². The van der Waals surface area contributed by atoms with Crippen molar-refractivity contribution in [2.45, 2.75) is 0 Å². The molecule has 3 heterocycles. The third-order valence-corrected chi connectivity index (χ3v) is 4.02. The van der Waals surface area contributed by atoms with Crippen molar-refractivity contribution in [1.82, 2.24) is 4.40 Å². The van der Waals surface area contributed by atoms with Crippen molar-refractivity contribution < 1.29 is 4.40 Å². The monoisotopic (exact) mass is 243 g/mol. The molecule has 0 spiro atoms. The van der Waals surface area contributed by atoms with Crippen LogP contribution in [0.5, 0.6) is 0 Å². The number of para-hydroxylation sites is 2. The number of hydrogen-bond acceptors (Lipinski definition) is 0. The van der Waals surface area contributed by atoms with Gasteiger partial charge in [-0.2, -0.15) is 8.80 Å². The normalized spacial score (nSPS) is 12.2. The maximum atomic E-state index is 2.28. The Morgan fingerprint density at radius 1 is 0.789 bits per heavy atom. The number of rotatable bonds is 0. The number of aromatic nitrogens is 2. The third kappa shape index (κ3) is 1.01. The van der Waals surface area contributed by atoms with Crippen LogP contribution < -0.4 is 4.40 Å². The molecule has 3 aromatic heterocycles. The summed E-state index contributed by atoms with van der Waals surface area (Å²) in [7, 11) is 0. The number of pyridine rings is 2. The van der Waals surface area contributed by atoms with Gasteiger partial charge in [0.1, 0.15) is 0 Å². The SMILES string of the molecule is c1cc2ccn3c4ccccc4[n+]4ccc(c1)c2c34. The van der Waals surface area contributed by atoms with Crippen LogP contribution in [0.3, 0.4) is 0 Å². The van der Waals surface area contributed by atoms with Gasteiger partial charge < -0.3 is 0 Å². The van der Waals surface area contributed by atoms with E-state index >= 15 is 0 Å². The molecule has 0 saturated carbocycles. The van der Waals surface area contributed by atoms with Crippen molar-refractivity contribution in [3.63, 3.8) is 0 Å². The summed E-state index contributed by atoms with van der Waals surface area (Å²) in [6.45, 7) is 0. The Hall–Kier alpha value is -2.61. The molecule has 0 N–H and O–H groups in total. The molecule has 2 heteroatoms. The average Bonchev–Trinajstić information content (AvgIpc) is 2.81. The highest BCUT2D eigenvalue weighted by Gasteiger charge is 2.20. The van der Waals surface area contributed by atoms with E-state index in [2.05, 4.69) is 75.8 Å². The number of nitrogens with zero attached hydrogens (tertiary/aromatic N) is 2. The summed E-state index contributed by atoms with van der Waals surface area (Å²) in [4.78, 5) is 0. The molecule has 0 fully saturated rings. The minimum Gasteiger partial charge on any atom is -0.194 e. The van der Waals surface area contributed by atoms with Crippen molar-refractivity contribution in [1.29, 1.82) is 0 Å². The standard InChI is InChI=1S/C17H11N2/c1-2-7-15-14(6-1)18-10-8-12-4-3-5-13-9-11-19(15)17(18)16(12)13/h1-11H/q+1. The van der Waals surface area contributed by atoms with E-state index in [9.17, 15) is 0 Å². The minimum absolute atomic E-state index is 1.25. The molecule has 0 atom stereocenters. The van der Waals surface area contributed by atoms with E-state index in [4.69, 9.17) is 0 Å². The van der Waals surface area contributed by atoms with Crippen LogP contribution in [0.1, 0.15) is 0 Å². The van der Waals surface area contributed by atoms with E-state index in [1.807, 2.05) is 0 Å². The van der Waals surface area contributed by atoms with Crippen molar-refractivity contribution in [2.24, 2.45) is 0 Å². The molecule has 0 aliphatic heterocycles. The molecular weight excluding hydrogens is 232 g/mol. The van der Waals surface area contributed by atoms with E-state index in [-0.39, 0.29) is 0 Å². The van der Waals surface area contributed by atoms with Crippen molar-refractivity contribution >= 4 is 32.8 Å². The van der Waals surface area contributed by atoms with Gasteiger partial charge in [-0.15, -0.1) is 0 Å². The van der Waals surface area contributed by atoms with E-state index in [0.29, 0.717) is 0 Å². The molecule has 2 aromatic carbocycles. The molecule has 2 nitrogen and oxygen atoms in total. The number of imidazole rings is 1. The summed E-state index contributed by atoms with van der Waals surface area (Å²) < 4.78 is 4.56. The highest BCUT2D eigenvalue weighted by molar-refractivity contribution is 6.07. The van der Waals surface area contributed by atoms with E-state index in [1.165, 1.54) is 32.8 Å². The first-order valence-electron chi connectivity index (χ1n) is 6.48. The van der Waals surface area contributed by atoms with Crippen LogP contribution in [-0.2, 0) is 0 Å². The quantitative estimate of drug-likeness (QED) is 0.368. The maximum Gasteiger partial charge on any atom is 0.300 e. The second-order valence-corrected chi connectivity index (χ2v) is 5.00. The van der Waals surface area contributed by atoms with Crippen LogP contribution >= 0.6 is 0 Å². The first-order chi connectivity index (χ1) is 9.43. The summed E-state index contributed by atoms with van der Waals surface area (Å²) in [5, 5.41) is 3.93. The van der Waals surface area contributed by atoms with Gasteiger partial charge in [0.15, 0.2) is 11.0 Å². The van der Waals surface area contributed by atoms with Crippen molar-refractivity contribution in [2.75, 3.05) is 0 Å². The first-order valence-corrected chi connectivity index (χ1v) is 6.48. The summed E-state index contributed by atoms with van der Waals surface area (Å²) in [6, 6.07) is 19.4. The second-order valence-electron chi connectivity index (χ2n) is 5.00. The molecule has 88 valence electrons. The molecule has 0 aliphatic carbocycles. The Balaban J connectivity index is 2.29. The van der Waals surface area contributed by atoms with Crippen LogP contribution in [0, 0.1) is 0 Å². The van der Waals surface area contributed by atoms with Crippen LogP contribution in [0.4, 0.5) is 0 Å². The smallest absolute Gasteiger partial charge is 0.194 e. The predicted octanol–water partition coefficient (Wildman–Crippen LogP) is 3.42. The lowest BCUT2D eigenvalue weighted by Crippen LogP contribution is -2.19. The zero-order valence-electron chi connectivity index (χ0n) is 10.2. The molecule has 0 saturated heterocycles. The lowest BCUT2D eigenvalue weighted by Gasteiger charge is -2.01. The first kappa shape index (κ1) is 9.34. The summed E-state index contributed by atoms with van der Waals surface area (Å²) in [6.07, 6.45) is 4.33. The Labute approximate surface area is 109 Å². The molecule has 19 heavy (non-hydrogen) atoms. The highest BCUT2D eigenvalue weighted by Crippen LogP contribution is 2.27. The van der Waals surface area contributed by atoms with Crippen molar-refractivity contribution in [3.8, 4) is 0 Å². The van der Waals surface area contributed by atoms with Gasteiger partial charge in [0.2, 0.25) is 0 Å². The van der Waals surface area contributed by atoms with Crippen LogP contribution in [-0.4, -0.2) is 4.40 Å². The molecule has 0 amide bonds. The maximum absolute atomic E-state index is 2.28. The number of benzene rings is 2. The van der Waals surface area contributed by atoms with E-state index in [1.54, 1.807) is 0 Å². The van der Waals surface area contributed by atoms with Gasteiger partial charge in [0, 0.05) is 0 Å². The average molecular weight is 243 g/mol. The fourth-order valence-electron chi connectivity index (χ4n) is 3.19. The predicted molar refractivity (Wildman–Crippen MR) is 76.8 cm³/mol. The molecule has 0 aliphatic rings. The Morgan fingerprint density at radius 3 is 2.58 bits per heavy atom. The topological polar surface area (TPSA) is 8.51 Å². The summed E-state index contributed by atoms with van der Waals surface area (Å²) in [5.41, 5.74) is 3.76. The number of fused-ring (bicyclic) bond motifs is 3. The molecular formula is C17H11N2+. The fraction of sp³-hybridized carbons (Fsp3) is 0. The van der Waals surface area contributed by atoms with Gasteiger partial charge in [-0.3, -0.25) is 0 Å². The molecule has 5 rings (SSSR count). The summed E-state index contributed by atoms with van der Waals surface area (Å²) in [5.74, 6) is 0. The Morgan fingerprint density at radius 2 is 1.63 bits per heavy atom. The lowest BCUT2D eigenvalue weighted by molar-refractivity contribution is -0.480. The van der Waals surface area contributed by atoms with Crippen LogP contribution in [0.15, 0.2) is 67.0 Å². The van der Waals surface area contributed by atoms with E-state index < -0.39 is 0 Å². The third-order valence-electron chi connectivity index (χ3n) is 4.02. The molecule has 5 aromatic rings. The van der Waals surface area contributed by atoms with Crippen molar-refractivity contribution in [3.05, 3.63) is 67.0 Å². The second kappa shape index (κ2) is 3.04. The summed E-state index contributed by atoms with van der Waals surface area (Å²) >= 11 is 0. The van der Waals surface area contributed by atoms with Gasteiger partial charge in [0.25, 0.3) is 0 Å². The molecule has 0 unspecified atom stereocenters. The van der Waals surface area contributed by atoms with Gasteiger partial charge in [-0.25, -0.2) is 0 Å². The van der Waals surface area contributed by atoms with Gasteiger partial charge in [0.05, 0.1) is 17.8 Å². The highest BCUT2D eigenvalue weighted by atomic mass is 15.1. The minimum atomic E-state index is 1.25. The largest absolute Gasteiger partial charge is 0.300 e. The molecule has 0 radical (unpaired) electrons. The Bertz CT molecular complexity index is 977. The van der Waals surface area contributed by atoms with Crippen LogP contribution in [0.2, 0.25) is 0 Å². The lowest BCUT2D eigenvalue weighted by atomic mass is 10.1. The van der Waals surface area contributed by atoms with Gasteiger partial charge in [-0.1, -0.05) is 30.3 Å². The van der Waals surface area contributed by atoms with Gasteiger partial charge in [-0.05, 0) is 35.0 Å². The Kier molecular flexibility index (Phi) is 1.49. The molecule has 0 bridgehead atoms.